The molecule has 2 aromatic carbocycles. The molecular formula is C30H27BrN4O6S. The summed E-state index contributed by atoms with van der Waals surface area (Å²) in [4.78, 5) is 45.3. The maximum Gasteiger partial charge on any atom is 0.271 e. The highest BCUT2D eigenvalue weighted by Crippen LogP contribution is 2.36. The first-order valence-electron chi connectivity index (χ1n) is 13.2. The number of carbonyl (C=O) groups is 1. The monoisotopic (exact) mass is 650 g/mol. The third-order valence-corrected chi connectivity index (χ3v) is 8.70. The molecule has 0 radical (unpaired) electrons. The van der Waals surface area contributed by atoms with Crippen LogP contribution in [0.15, 0.2) is 84.5 Å². The van der Waals surface area contributed by atoms with Crippen LogP contribution in [0.5, 0.6) is 5.75 Å². The number of allylic oxidation sites excluding steroid dienone is 1. The summed E-state index contributed by atoms with van der Waals surface area (Å²) in [6.07, 6.45) is 1.64. The fourth-order valence-electron chi connectivity index (χ4n) is 4.98. The van der Waals surface area contributed by atoms with Crippen LogP contribution in [0.4, 0.5) is 5.69 Å². The lowest BCUT2D eigenvalue weighted by Gasteiger charge is -2.29. The number of nitro benzene ring substituents is 1. The zero-order valence-corrected chi connectivity index (χ0v) is 25.7. The summed E-state index contributed by atoms with van der Waals surface area (Å²) < 4.78 is 14.1. The number of fused-ring (bicyclic) bond motifs is 1. The molecule has 3 heterocycles. The highest BCUT2D eigenvalue weighted by atomic mass is 79.9. The van der Waals surface area contributed by atoms with Crippen LogP contribution in [0.3, 0.4) is 0 Å². The van der Waals surface area contributed by atoms with Crippen molar-refractivity contribution >= 4 is 44.9 Å². The predicted molar refractivity (Wildman–Crippen MR) is 163 cm³/mol. The summed E-state index contributed by atoms with van der Waals surface area (Å²) in [6, 6.07) is 14.5. The summed E-state index contributed by atoms with van der Waals surface area (Å²) in [5.41, 5.74) is 1.91. The first kappa shape index (κ1) is 29.2. The molecule has 1 amide bonds. The number of methoxy groups -OCH3 is 1. The van der Waals surface area contributed by atoms with Gasteiger partial charge >= 0.3 is 0 Å². The fourth-order valence-corrected chi connectivity index (χ4v) is 6.57. The molecule has 1 atom stereocenters. The molecule has 0 aliphatic carbocycles. The number of hydrogen-bond donors (Lipinski definition) is 0. The van der Waals surface area contributed by atoms with E-state index in [0.717, 1.165) is 0 Å². The van der Waals surface area contributed by atoms with Crippen molar-refractivity contribution in [2.24, 2.45) is 4.99 Å². The van der Waals surface area contributed by atoms with Crippen LogP contribution in [-0.2, 0) is 4.79 Å². The standard InChI is InChI=1S/C30H27BrN4O6S/c1-5-33(6-2)29(37)26-17(3)32-30-34(27(26)21-9-7-8-10-23(21)40-4)28(36)25(42-30)16-19-12-14-24(41-19)20-13-11-18(35(38)39)15-22(20)31/h7-16,27H,5-6H2,1-4H3/b25-16+/t27-/m0/s1. The van der Waals surface area contributed by atoms with Gasteiger partial charge in [0.05, 0.1) is 27.8 Å². The number of benzene rings is 2. The summed E-state index contributed by atoms with van der Waals surface area (Å²) >= 11 is 4.58. The summed E-state index contributed by atoms with van der Waals surface area (Å²) in [6.45, 7) is 6.65. The number of rotatable bonds is 8. The summed E-state index contributed by atoms with van der Waals surface area (Å²) in [7, 11) is 1.56. The molecule has 4 aromatic rings. The number of amides is 1. The SMILES string of the molecule is CCN(CC)C(=O)C1=C(C)N=c2s/c(=C/c3ccc(-c4ccc([N+](=O)[O-])cc4Br)o3)c(=O)n2[C@H]1c1ccccc1OC. The van der Waals surface area contributed by atoms with Gasteiger partial charge in [0, 0.05) is 46.9 Å². The van der Waals surface area contributed by atoms with Crippen LogP contribution in [0, 0.1) is 10.1 Å². The van der Waals surface area contributed by atoms with E-state index in [1.165, 1.54) is 23.5 Å². The van der Waals surface area contributed by atoms with Crippen molar-refractivity contribution < 1.29 is 18.9 Å². The minimum absolute atomic E-state index is 0.0442. The van der Waals surface area contributed by atoms with Gasteiger partial charge in [-0.05, 0) is 61.0 Å². The number of nitrogens with zero attached hydrogens (tertiary/aromatic N) is 4. The third-order valence-electron chi connectivity index (χ3n) is 7.07. The molecule has 5 rings (SSSR count). The number of ether oxygens (including phenoxy) is 1. The second-order valence-corrected chi connectivity index (χ2v) is 11.3. The molecule has 12 heteroatoms. The number of non-ortho nitro benzene ring substituents is 1. The van der Waals surface area contributed by atoms with Crippen LogP contribution in [0.2, 0.25) is 0 Å². The van der Waals surface area contributed by atoms with E-state index < -0.39 is 11.0 Å². The van der Waals surface area contributed by atoms with E-state index in [2.05, 4.69) is 15.9 Å². The number of thiazole rings is 1. The number of para-hydroxylation sites is 1. The van der Waals surface area contributed by atoms with Crippen LogP contribution in [-0.4, -0.2) is 40.5 Å². The zero-order chi connectivity index (χ0) is 30.1. The number of nitro groups is 1. The van der Waals surface area contributed by atoms with Gasteiger partial charge in [0.25, 0.3) is 17.2 Å². The normalized spacial score (nSPS) is 14.9. The Morgan fingerprint density at radius 1 is 1.21 bits per heavy atom. The lowest BCUT2D eigenvalue weighted by molar-refractivity contribution is -0.384. The van der Waals surface area contributed by atoms with Crippen molar-refractivity contribution in [3.8, 4) is 17.1 Å². The Balaban J connectivity index is 1.64. The van der Waals surface area contributed by atoms with Crippen molar-refractivity contribution in [1.29, 1.82) is 0 Å². The largest absolute Gasteiger partial charge is 0.496 e. The molecule has 2 aromatic heterocycles. The average Bonchev–Trinajstić information content (AvgIpc) is 3.56. The van der Waals surface area contributed by atoms with E-state index in [0.29, 0.717) is 66.6 Å². The number of carbonyl (C=O) groups excluding carboxylic acids is 1. The Kier molecular flexibility index (Phi) is 8.28. The van der Waals surface area contributed by atoms with Crippen LogP contribution < -0.4 is 19.6 Å². The van der Waals surface area contributed by atoms with Gasteiger partial charge in [-0.1, -0.05) is 29.5 Å². The van der Waals surface area contributed by atoms with Crippen LogP contribution in [0.1, 0.15) is 38.1 Å². The van der Waals surface area contributed by atoms with Crippen molar-refractivity contribution in [3.05, 3.63) is 111 Å². The fraction of sp³-hybridized carbons (Fsp3) is 0.233. The minimum Gasteiger partial charge on any atom is -0.496 e. The van der Waals surface area contributed by atoms with E-state index in [9.17, 15) is 19.7 Å². The predicted octanol–water partition coefficient (Wildman–Crippen LogP) is 5.04. The quantitative estimate of drug-likeness (QED) is 0.195. The Bertz CT molecular complexity index is 1920. The lowest BCUT2D eigenvalue weighted by atomic mass is 9.94. The summed E-state index contributed by atoms with van der Waals surface area (Å²) in [5.74, 6) is 1.27. The smallest absolute Gasteiger partial charge is 0.271 e. The second kappa shape index (κ2) is 11.9. The van der Waals surface area contributed by atoms with Gasteiger partial charge in [-0.15, -0.1) is 0 Å². The topological polar surface area (TPSA) is 120 Å². The number of furan rings is 1. The number of aromatic nitrogens is 1. The van der Waals surface area contributed by atoms with Crippen LogP contribution >= 0.6 is 27.3 Å². The van der Waals surface area contributed by atoms with Gasteiger partial charge < -0.3 is 14.1 Å². The Labute approximate surface area is 253 Å². The van der Waals surface area contributed by atoms with Gasteiger partial charge in [0.1, 0.15) is 23.3 Å². The molecule has 0 N–H and O–H groups in total. The average molecular weight is 652 g/mol. The van der Waals surface area contributed by atoms with E-state index in [-0.39, 0.29) is 17.2 Å². The molecule has 0 saturated carbocycles. The second-order valence-electron chi connectivity index (χ2n) is 9.42. The molecule has 1 aliphatic rings. The number of hydrogen-bond acceptors (Lipinski definition) is 8. The number of likely N-dealkylation sites (N-methyl/N-ethyl adjacent to an activating group) is 1. The minimum atomic E-state index is -0.740. The Morgan fingerprint density at radius 2 is 1.95 bits per heavy atom. The number of halogens is 1. The maximum atomic E-state index is 14.0. The van der Waals surface area contributed by atoms with Gasteiger partial charge in [0.2, 0.25) is 0 Å². The van der Waals surface area contributed by atoms with Gasteiger partial charge in [-0.3, -0.25) is 24.3 Å². The van der Waals surface area contributed by atoms with E-state index in [1.807, 2.05) is 32.0 Å². The van der Waals surface area contributed by atoms with Crippen molar-refractivity contribution in [2.75, 3.05) is 20.2 Å². The van der Waals surface area contributed by atoms with Gasteiger partial charge in [-0.2, -0.15) is 0 Å². The zero-order valence-electron chi connectivity index (χ0n) is 23.3. The highest BCUT2D eigenvalue weighted by molar-refractivity contribution is 9.10. The third kappa shape index (κ3) is 5.23. The van der Waals surface area contributed by atoms with E-state index in [1.54, 1.807) is 53.8 Å². The van der Waals surface area contributed by atoms with E-state index in [4.69, 9.17) is 14.1 Å². The highest BCUT2D eigenvalue weighted by Gasteiger charge is 2.35. The van der Waals surface area contributed by atoms with E-state index >= 15 is 0 Å². The molecule has 216 valence electrons. The molecule has 10 nitrogen and oxygen atoms in total. The molecule has 0 saturated heterocycles. The molecule has 1 aliphatic heterocycles. The molecular weight excluding hydrogens is 624 g/mol. The molecule has 0 spiro atoms. The Hall–Kier alpha value is -4.29. The van der Waals surface area contributed by atoms with Crippen molar-refractivity contribution in [3.63, 3.8) is 0 Å². The maximum absolute atomic E-state index is 14.0. The first-order chi connectivity index (χ1) is 20.2. The summed E-state index contributed by atoms with van der Waals surface area (Å²) in [5, 5.41) is 11.1. The van der Waals surface area contributed by atoms with Crippen molar-refractivity contribution in [1.82, 2.24) is 9.47 Å². The van der Waals surface area contributed by atoms with Gasteiger partial charge in [0.15, 0.2) is 4.80 Å². The molecule has 0 bridgehead atoms. The molecule has 42 heavy (non-hydrogen) atoms. The molecule has 0 fully saturated rings. The first-order valence-corrected chi connectivity index (χ1v) is 14.8. The Morgan fingerprint density at radius 3 is 2.62 bits per heavy atom. The van der Waals surface area contributed by atoms with Gasteiger partial charge in [-0.25, -0.2) is 4.99 Å². The van der Waals surface area contributed by atoms with Crippen molar-refractivity contribution in [2.45, 2.75) is 26.8 Å². The molecule has 0 unspecified atom stereocenters. The lowest BCUT2D eigenvalue weighted by Crippen LogP contribution is -2.43. The van der Waals surface area contributed by atoms with Crippen LogP contribution in [0.25, 0.3) is 17.4 Å².